The topological polar surface area (TPSA) is 49.4 Å². The average Bonchev–Trinajstić information content (AvgIpc) is 2.56. The van der Waals surface area contributed by atoms with Crippen LogP contribution < -0.4 is 4.72 Å². The van der Waals surface area contributed by atoms with E-state index in [1.807, 2.05) is 12.1 Å². The van der Waals surface area contributed by atoms with Crippen LogP contribution in [0, 0.1) is 0 Å². The van der Waals surface area contributed by atoms with E-state index in [4.69, 9.17) is 0 Å². The van der Waals surface area contributed by atoms with Crippen molar-refractivity contribution in [3.63, 3.8) is 0 Å². The third-order valence-electron chi connectivity index (χ3n) is 4.82. The molecule has 0 aromatic heterocycles. The monoisotopic (exact) mass is 338 g/mol. The summed E-state index contributed by atoms with van der Waals surface area (Å²) >= 11 is 0. The Balaban J connectivity index is 1.97. The van der Waals surface area contributed by atoms with Gasteiger partial charge in [0.05, 0.1) is 4.90 Å². The van der Waals surface area contributed by atoms with E-state index in [2.05, 4.69) is 30.4 Å². The van der Waals surface area contributed by atoms with E-state index < -0.39 is 10.0 Å². The Hall–Kier alpha value is -0.910. The summed E-state index contributed by atoms with van der Waals surface area (Å²) in [4.78, 5) is 2.78. The first-order valence-corrected chi connectivity index (χ1v) is 10.3. The summed E-state index contributed by atoms with van der Waals surface area (Å²) in [6.45, 7) is 9.55. The quantitative estimate of drug-likeness (QED) is 0.829. The summed E-state index contributed by atoms with van der Waals surface area (Å²) < 4.78 is 27.9. The van der Waals surface area contributed by atoms with Gasteiger partial charge in [-0.2, -0.15) is 0 Å². The fourth-order valence-corrected chi connectivity index (χ4v) is 4.39. The minimum atomic E-state index is -3.41. The Morgan fingerprint density at radius 1 is 1.17 bits per heavy atom. The molecule has 2 rings (SSSR count). The Kier molecular flexibility index (Phi) is 6.62. The third-order valence-corrected chi connectivity index (χ3v) is 6.36. The van der Waals surface area contributed by atoms with Crippen molar-refractivity contribution in [1.82, 2.24) is 9.62 Å². The van der Waals surface area contributed by atoms with Gasteiger partial charge < -0.3 is 4.90 Å². The second kappa shape index (κ2) is 8.27. The van der Waals surface area contributed by atoms with Gasteiger partial charge in [-0.05, 0) is 68.9 Å². The second-order valence-electron chi connectivity index (χ2n) is 6.62. The fraction of sp³-hybridized carbons (Fsp3) is 0.667. The third kappa shape index (κ3) is 5.03. The molecule has 1 saturated heterocycles. The SMILES string of the molecule is CCCN1CCC(NS(=O)(=O)c2ccc(C(C)CC)cc2)CC1. The van der Waals surface area contributed by atoms with Crippen molar-refractivity contribution < 1.29 is 8.42 Å². The van der Waals surface area contributed by atoms with Crippen LogP contribution in [0.2, 0.25) is 0 Å². The van der Waals surface area contributed by atoms with Crippen LogP contribution in [0.3, 0.4) is 0 Å². The van der Waals surface area contributed by atoms with Crippen molar-refractivity contribution in [1.29, 1.82) is 0 Å². The minimum absolute atomic E-state index is 0.0577. The molecule has 4 nitrogen and oxygen atoms in total. The molecule has 1 aromatic carbocycles. The second-order valence-corrected chi connectivity index (χ2v) is 8.33. The standard InChI is InChI=1S/C18H30N2O2S/c1-4-12-20-13-10-17(11-14-20)19-23(21,22)18-8-6-16(7-9-18)15(3)5-2/h6-9,15,17,19H,4-5,10-14H2,1-3H3. The number of nitrogens with one attached hydrogen (secondary N) is 1. The zero-order valence-electron chi connectivity index (χ0n) is 14.6. The van der Waals surface area contributed by atoms with Gasteiger partial charge in [-0.3, -0.25) is 0 Å². The highest BCUT2D eigenvalue weighted by Crippen LogP contribution is 2.21. The van der Waals surface area contributed by atoms with Gasteiger partial charge in [0.15, 0.2) is 0 Å². The van der Waals surface area contributed by atoms with Gasteiger partial charge in [0, 0.05) is 6.04 Å². The number of sulfonamides is 1. The number of rotatable bonds is 7. The Morgan fingerprint density at radius 3 is 2.30 bits per heavy atom. The molecule has 0 radical (unpaired) electrons. The van der Waals surface area contributed by atoms with Crippen LogP contribution in [0.25, 0.3) is 0 Å². The van der Waals surface area contributed by atoms with Crippen molar-refractivity contribution in [2.24, 2.45) is 0 Å². The smallest absolute Gasteiger partial charge is 0.240 e. The van der Waals surface area contributed by atoms with Gasteiger partial charge >= 0.3 is 0 Å². The maximum Gasteiger partial charge on any atom is 0.240 e. The number of likely N-dealkylation sites (tertiary alicyclic amines) is 1. The molecule has 0 amide bonds. The van der Waals surface area contributed by atoms with Crippen LogP contribution in [0.15, 0.2) is 29.2 Å². The van der Waals surface area contributed by atoms with E-state index >= 15 is 0 Å². The molecule has 1 aliphatic rings. The summed E-state index contributed by atoms with van der Waals surface area (Å²) in [5.41, 5.74) is 1.19. The molecule has 0 saturated carbocycles. The lowest BCUT2D eigenvalue weighted by Crippen LogP contribution is -2.44. The van der Waals surface area contributed by atoms with Crippen LogP contribution in [0.4, 0.5) is 0 Å². The Labute approximate surface area is 141 Å². The van der Waals surface area contributed by atoms with E-state index in [0.717, 1.165) is 45.3 Å². The minimum Gasteiger partial charge on any atom is -0.303 e. The molecule has 1 heterocycles. The number of piperidine rings is 1. The highest BCUT2D eigenvalue weighted by Gasteiger charge is 2.24. The maximum absolute atomic E-state index is 12.5. The normalized spacial score (nSPS) is 18.9. The first-order chi connectivity index (χ1) is 11.0. The lowest BCUT2D eigenvalue weighted by atomic mass is 9.99. The lowest BCUT2D eigenvalue weighted by molar-refractivity contribution is 0.208. The number of benzene rings is 1. The highest BCUT2D eigenvalue weighted by atomic mass is 32.2. The van der Waals surface area contributed by atoms with Crippen molar-refractivity contribution in [2.75, 3.05) is 19.6 Å². The van der Waals surface area contributed by atoms with Gasteiger partial charge in [-0.15, -0.1) is 0 Å². The van der Waals surface area contributed by atoms with Crippen molar-refractivity contribution >= 4 is 10.0 Å². The molecule has 1 unspecified atom stereocenters. The van der Waals surface area contributed by atoms with E-state index in [1.54, 1.807) is 12.1 Å². The first kappa shape index (κ1) is 18.4. The van der Waals surface area contributed by atoms with Crippen LogP contribution in [-0.4, -0.2) is 39.0 Å². The van der Waals surface area contributed by atoms with E-state index in [0.29, 0.717) is 10.8 Å². The molecule has 1 fully saturated rings. The van der Waals surface area contributed by atoms with Crippen LogP contribution in [0.5, 0.6) is 0 Å². The molecule has 0 spiro atoms. The van der Waals surface area contributed by atoms with Crippen LogP contribution in [0.1, 0.15) is 57.9 Å². The van der Waals surface area contributed by atoms with Gasteiger partial charge in [0.25, 0.3) is 0 Å². The molecule has 1 aromatic rings. The van der Waals surface area contributed by atoms with E-state index in [1.165, 1.54) is 5.56 Å². The molecule has 23 heavy (non-hydrogen) atoms. The summed E-state index contributed by atoms with van der Waals surface area (Å²) in [6.07, 6.45) is 3.99. The fourth-order valence-electron chi connectivity index (χ4n) is 3.09. The molecule has 1 aliphatic heterocycles. The maximum atomic E-state index is 12.5. The Bertz CT molecular complexity index is 576. The largest absolute Gasteiger partial charge is 0.303 e. The van der Waals surface area contributed by atoms with Crippen LogP contribution in [-0.2, 0) is 10.0 Å². The average molecular weight is 339 g/mol. The Morgan fingerprint density at radius 2 is 1.78 bits per heavy atom. The van der Waals surface area contributed by atoms with E-state index in [9.17, 15) is 8.42 Å². The zero-order chi connectivity index (χ0) is 16.9. The predicted octanol–water partition coefficient (Wildman–Crippen LogP) is 3.35. The molecule has 0 aliphatic carbocycles. The summed E-state index contributed by atoms with van der Waals surface area (Å²) in [5, 5.41) is 0. The number of hydrogen-bond donors (Lipinski definition) is 1. The lowest BCUT2D eigenvalue weighted by Gasteiger charge is -2.31. The summed E-state index contributed by atoms with van der Waals surface area (Å²) in [7, 11) is -3.41. The van der Waals surface area contributed by atoms with Crippen molar-refractivity contribution in [3.8, 4) is 0 Å². The van der Waals surface area contributed by atoms with Crippen molar-refractivity contribution in [2.45, 2.75) is 63.3 Å². The summed E-state index contributed by atoms with van der Waals surface area (Å²) in [6, 6.07) is 7.40. The molecular weight excluding hydrogens is 308 g/mol. The van der Waals surface area contributed by atoms with Gasteiger partial charge in [0.2, 0.25) is 10.0 Å². The molecule has 1 N–H and O–H groups in total. The molecular formula is C18H30N2O2S. The highest BCUT2D eigenvalue weighted by molar-refractivity contribution is 7.89. The van der Waals surface area contributed by atoms with E-state index in [-0.39, 0.29) is 6.04 Å². The number of nitrogens with zero attached hydrogens (tertiary/aromatic N) is 1. The molecule has 130 valence electrons. The molecule has 0 bridgehead atoms. The van der Waals surface area contributed by atoms with Crippen molar-refractivity contribution in [3.05, 3.63) is 29.8 Å². The first-order valence-electron chi connectivity index (χ1n) is 8.81. The van der Waals surface area contributed by atoms with Gasteiger partial charge in [-0.1, -0.05) is 32.9 Å². The number of hydrogen-bond acceptors (Lipinski definition) is 3. The zero-order valence-corrected chi connectivity index (χ0v) is 15.4. The van der Waals surface area contributed by atoms with Crippen LogP contribution >= 0.6 is 0 Å². The van der Waals surface area contributed by atoms with Gasteiger partial charge in [0.1, 0.15) is 0 Å². The summed E-state index contributed by atoms with van der Waals surface area (Å²) in [5.74, 6) is 0.461. The molecule has 5 heteroatoms. The van der Waals surface area contributed by atoms with Gasteiger partial charge in [-0.25, -0.2) is 13.1 Å². The predicted molar refractivity (Wildman–Crippen MR) is 95.2 cm³/mol. The molecule has 1 atom stereocenters.